The van der Waals surface area contributed by atoms with Crippen LogP contribution in [0.15, 0.2) is 28.8 Å². The summed E-state index contributed by atoms with van der Waals surface area (Å²) in [6.07, 6.45) is 1.15. The molecule has 112 valence electrons. The molecule has 1 fully saturated rings. The smallest absolute Gasteiger partial charge is 0.241 e. The molecule has 6 heteroatoms. The molecule has 0 aliphatic carbocycles. The van der Waals surface area contributed by atoms with Gasteiger partial charge in [-0.15, -0.1) is 0 Å². The van der Waals surface area contributed by atoms with Crippen LogP contribution in [-0.4, -0.2) is 48.3 Å². The molecule has 0 spiro atoms. The van der Waals surface area contributed by atoms with E-state index in [1.54, 1.807) is 7.11 Å². The fourth-order valence-electron chi connectivity index (χ4n) is 2.51. The zero-order valence-corrected chi connectivity index (χ0v) is 12.2. The van der Waals surface area contributed by atoms with Crippen LogP contribution < -0.4 is 10.1 Å². The first-order chi connectivity index (χ1) is 10.4. The molecule has 1 saturated heterocycles. The molecule has 1 aromatic carbocycles. The van der Waals surface area contributed by atoms with Gasteiger partial charge in [0.25, 0.3) is 0 Å². The molecule has 0 saturated carbocycles. The Balaban J connectivity index is 1.73. The minimum Gasteiger partial charge on any atom is -0.496 e. The Hall–Kier alpha value is -1.92. The molecule has 6 nitrogen and oxygen atoms in total. The van der Waals surface area contributed by atoms with Gasteiger partial charge in [-0.3, -0.25) is 4.90 Å². The highest BCUT2D eigenvalue weighted by Crippen LogP contribution is 2.27. The molecule has 0 amide bonds. The molecule has 0 bridgehead atoms. The zero-order chi connectivity index (χ0) is 14.5. The summed E-state index contributed by atoms with van der Waals surface area (Å²) in [6.45, 7) is 4.84. The van der Waals surface area contributed by atoms with Crippen LogP contribution in [-0.2, 0) is 6.54 Å². The number of aromatic nitrogens is 2. The molecular formula is C15H20N4O2. The first-order valence-electron chi connectivity index (χ1n) is 7.26. The van der Waals surface area contributed by atoms with Gasteiger partial charge in [0.15, 0.2) is 0 Å². The molecule has 1 aliphatic heterocycles. The fourth-order valence-corrected chi connectivity index (χ4v) is 2.51. The van der Waals surface area contributed by atoms with Gasteiger partial charge in [-0.1, -0.05) is 17.3 Å². The molecule has 0 radical (unpaired) electrons. The van der Waals surface area contributed by atoms with Gasteiger partial charge in [-0.2, -0.15) is 4.98 Å². The second-order valence-electron chi connectivity index (χ2n) is 5.09. The van der Waals surface area contributed by atoms with Crippen LogP contribution in [0.1, 0.15) is 12.3 Å². The largest absolute Gasteiger partial charge is 0.496 e. The van der Waals surface area contributed by atoms with Gasteiger partial charge in [0.1, 0.15) is 5.75 Å². The van der Waals surface area contributed by atoms with Crippen LogP contribution in [0.5, 0.6) is 5.75 Å². The first-order valence-corrected chi connectivity index (χ1v) is 7.26. The lowest BCUT2D eigenvalue weighted by Crippen LogP contribution is -2.27. The van der Waals surface area contributed by atoms with E-state index in [1.807, 2.05) is 24.3 Å². The third kappa shape index (κ3) is 3.40. The SMILES string of the molecule is COc1ccccc1-c1noc(CN2CCCNCC2)n1. The average Bonchev–Trinajstić information content (AvgIpc) is 2.83. The van der Waals surface area contributed by atoms with E-state index < -0.39 is 0 Å². The minimum atomic E-state index is 0.579. The summed E-state index contributed by atoms with van der Waals surface area (Å²) in [7, 11) is 1.64. The minimum absolute atomic E-state index is 0.579. The summed E-state index contributed by atoms with van der Waals surface area (Å²) in [5, 5.41) is 7.46. The average molecular weight is 288 g/mol. The molecule has 3 rings (SSSR count). The van der Waals surface area contributed by atoms with E-state index in [4.69, 9.17) is 9.26 Å². The monoisotopic (exact) mass is 288 g/mol. The van der Waals surface area contributed by atoms with Crippen molar-refractivity contribution in [1.29, 1.82) is 0 Å². The molecule has 21 heavy (non-hydrogen) atoms. The Morgan fingerprint density at radius 3 is 3.10 bits per heavy atom. The summed E-state index contributed by atoms with van der Waals surface area (Å²) < 4.78 is 10.7. The van der Waals surface area contributed by atoms with Crippen molar-refractivity contribution in [3.8, 4) is 17.1 Å². The van der Waals surface area contributed by atoms with Crippen molar-refractivity contribution in [2.75, 3.05) is 33.3 Å². The Bertz CT molecular complexity index is 577. The molecule has 2 aromatic rings. The van der Waals surface area contributed by atoms with E-state index in [-0.39, 0.29) is 0 Å². The Kier molecular flexibility index (Phi) is 4.47. The molecule has 0 atom stereocenters. The van der Waals surface area contributed by atoms with Gasteiger partial charge in [0, 0.05) is 13.1 Å². The van der Waals surface area contributed by atoms with Crippen molar-refractivity contribution in [2.45, 2.75) is 13.0 Å². The summed E-state index contributed by atoms with van der Waals surface area (Å²) in [5.41, 5.74) is 0.854. The Labute approximate surface area is 124 Å². The van der Waals surface area contributed by atoms with Crippen LogP contribution in [0.4, 0.5) is 0 Å². The van der Waals surface area contributed by atoms with Crippen LogP contribution in [0.25, 0.3) is 11.4 Å². The van der Waals surface area contributed by atoms with Gasteiger partial charge in [-0.05, 0) is 31.6 Å². The molecule has 1 aliphatic rings. The van der Waals surface area contributed by atoms with Gasteiger partial charge in [0.05, 0.1) is 19.2 Å². The second kappa shape index (κ2) is 6.69. The number of hydrogen-bond acceptors (Lipinski definition) is 6. The number of hydrogen-bond donors (Lipinski definition) is 1. The number of ether oxygens (including phenoxy) is 1. The fraction of sp³-hybridized carbons (Fsp3) is 0.467. The Morgan fingerprint density at radius 1 is 1.29 bits per heavy atom. The number of benzene rings is 1. The highest BCUT2D eigenvalue weighted by atomic mass is 16.5. The van der Waals surface area contributed by atoms with Crippen molar-refractivity contribution < 1.29 is 9.26 Å². The number of nitrogens with zero attached hydrogens (tertiary/aromatic N) is 3. The lowest BCUT2D eigenvalue weighted by atomic mass is 10.2. The predicted molar refractivity (Wildman–Crippen MR) is 79.0 cm³/mol. The molecule has 1 aromatic heterocycles. The summed E-state index contributed by atoms with van der Waals surface area (Å²) in [6, 6.07) is 7.69. The van der Waals surface area contributed by atoms with E-state index in [2.05, 4.69) is 20.4 Å². The highest BCUT2D eigenvalue weighted by molar-refractivity contribution is 5.63. The molecule has 0 unspecified atom stereocenters. The van der Waals surface area contributed by atoms with E-state index in [9.17, 15) is 0 Å². The van der Waals surface area contributed by atoms with Gasteiger partial charge < -0.3 is 14.6 Å². The maximum atomic E-state index is 5.38. The van der Waals surface area contributed by atoms with Crippen molar-refractivity contribution >= 4 is 0 Å². The van der Waals surface area contributed by atoms with Crippen LogP contribution in [0.3, 0.4) is 0 Å². The van der Waals surface area contributed by atoms with Gasteiger partial charge >= 0.3 is 0 Å². The summed E-state index contributed by atoms with van der Waals surface area (Å²) in [4.78, 5) is 6.83. The van der Waals surface area contributed by atoms with Crippen molar-refractivity contribution in [3.63, 3.8) is 0 Å². The summed E-state index contributed by atoms with van der Waals surface area (Å²) in [5.74, 6) is 1.98. The lowest BCUT2D eigenvalue weighted by Gasteiger charge is -2.16. The van der Waals surface area contributed by atoms with Crippen LogP contribution in [0, 0.1) is 0 Å². The van der Waals surface area contributed by atoms with Crippen molar-refractivity contribution in [1.82, 2.24) is 20.4 Å². The zero-order valence-electron chi connectivity index (χ0n) is 12.2. The number of para-hydroxylation sites is 1. The number of methoxy groups -OCH3 is 1. The van der Waals surface area contributed by atoms with Gasteiger partial charge in [0.2, 0.25) is 11.7 Å². The second-order valence-corrected chi connectivity index (χ2v) is 5.09. The van der Waals surface area contributed by atoms with Crippen molar-refractivity contribution in [2.24, 2.45) is 0 Å². The van der Waals surface area contributed by atoms with E-state index >= 15 is 0 Å². The molecule has 1 N–H and O–H groups in total. The van der Waals surface area contributed by atoms with E-state index in [0.717, 1.165) is 43.9 Å². The topological polar surface area (TPSA) is 63.4 Å². The first kappa shape index (κ1) is 14.0. The van der Waals surface area contributed by atoms with Crippen LogP contribution in [0.2, 0.25) is 0 Å². The quantitative estimate of drug-likeness (QED) is 0.921. The van der Waals surface area contributed by atoms with E-state index in [0.29, 0.717) is 18.3 Å². The van der Waals surface area contributed by atoms with Gasteiger partial charge in [-0.25, -0.2) is 0 Å². The third-order valence-electron chi connectivity index (χ3n) is 3.61. The van der Waals surface area contributed by atoms with Crippen LogP contribution >= 0.6 is 0 Å². The van der Waals surface area contributed by atoms with E-state index in [1.165, 1.54) is 0 Å². The maximum absolute atomic E-state index is 5.38. The Morgan fingerprint density at radius 2 is 2.19 bits per heavy atom. The maximum Gasteiger partial charge on any atom is 0.241 e. The highest BCUT2D eigenvalue weighted by Gasteiger charge is 2.16. The number of rotatable bonds is 4. The van der Waals surface area contributed by atoms with Crippen molar-refractivity contribution in [3.05, 3.63) is 30.2 Å². The normalized spacial score (nSPS) is 16.6. The lowest BCUT2D eigenvalue weighted by molar-refractivity contribution is 0.239. The molecular weight excluding hydrogens is 268 g/mol. The standard InChI is InChI=1S/C15H20N4O2/c1-20-13-6-3-2-5-12(13)15-17-14(21-18-15)11-19-9-4-7-16-8-10-19/h2-3,5-6,16H,4,7-11H2,1H3. The molecule has 2 heterocycles. The predicted octanol–water partition coefficient (Wildman–Crippen LogP) is 1.54. The third-order valence-corrected chi connectivity index (χ3v) is 3.61. The number of nitrogens with one attached hydrogen (secondary N) is 1. The summed E-state index contributed by atoms with van der Waals surface area (Å²) >= 11 is 0.